The topological polar surface area (TPSA) is 147 Å². The lowest BCUT2D eigenvalue weighted by Gasteiger charge is -2.17. The van der Waals surface area contributed by atoms with Crippen molar-refractivity contribution in [3.63, 3.8) is 0 Å². The fourth-order valence-corrected chi connectivity index (χ4v) is 4.17. The van der Waals surface area contributed by atoms with Gasteiger partial charge < -0.3 is 30.2 Å². The Labute approximate surface area is 217 Å². The maximum absolute atomic E-state index is 12.7. The van der Waals surface area contributed by atoms with Crippen LogP contribution in [0.3, 0.4) is 0 Å². The summed E-state index contributed by atoms with van der Waals surface area (Å²) in [7, 11) is 0. The fourth-order valence-electron chi connectivity index (χ4n) is 3.46. The molecule has 1 unspecified atom stereocenters. The standard InChI is InChI=1S/C24H25Cl2N3O7/c25-16-11-14(13-28-20(30)6-5-15-3-1-9-35-15)12-17(26)21(16)23(32)29-18(24(33)34)7-8-27-22(31)19-4-2-10-36-19/h1,3,5-6,9,11-12,18-19H,2,4,7-8,10,13H2,(H,27,31)(H,28,30)(H,29,32)(H,33,34)/b6-5+/t18-,19?/m0/s1. The van der Waals surface area contributed by atoms with E-state index in [1.54, 1.807) is 12.1 Å². The predicted octanol–water partition coefficient (Wildman–Crippen LogP) is 2.78. The van der Waals surface area contributed by atoms with Crippen LogP contribution in [0.15, 0.2) is 41.0 Å². The first kappa shape index (κ1) is 27.3. The van der Waals surface area contributed by atoms with Crippen LogP contribution in [0.1, 0.15) is 40.9 Å². The number of hydrogen-bond donors (Lipinski definition) is 4. The Hall–Kier alpha value is -3.34. The van der Waals surface area contributed by atoms with Crippen molar-refractivity contribution in [3.05, 3.63) is 63.5 Å². The highest BCUT2D eigenvalue weighted by Gasteiger charge is 2.26. The van der Waals surface area contributed by atoms with E-state index in [0.29, 0.717) is 24.4 Å². The van der Waals surface area contributed by atoms with Gasteiger partial charge in [0.15, 0.2) is 0 Å². The minimum Gasteiger partial charge on any atom is -0.480 e. The number of hydrogen-bond acceptors (Lipinski definition) is 6. The van der Waals surface area contributed by atoms with E-state index in [4.69, 9.17) is 32.4 Å². The summed E-state index contributed by atoms with van der Waals surface area (Å²) in [5.41, 5.74) is 0.439. The largest absolute Gasteiger partial charge is 0.480 e. The minimum atomic E-state index is -1.28. The zero-order valence-electron chi connectivity index (χ0n) is 19.1. The van der Waals surface area contributed by atoms with E-state index >= 15 is 0 Å². The van der Waals surface area contributed by atoms with Gasteiger partial charge in [-0.25, -0.2) is 4.79 Å². The molecule has 1 fully saturated rings. The zero-order chi connectivity index (χ0) is 26.1. The van der Waals surface area contributed by atoms with Crippen LogP contribution in [-0.4, -0.2) is 54.1 Å². The Bertz CT molecular complexity index is 1110. The third kappa shape index (κ3) is 7.84. The van der Waals surface area contributed by atoms with Gasteiger partial charge in [-0.15, -0.1) is 0 Å². The van der Waals surface area contributed by atoms with E-state index in [-0.39, 0.29) is 46.9 Å². The minimum absolute atomic E-state index is 0.00815. The van der Waals surface area contributed by atoms with Gasteiger partial charge in [-0.1, -0.05) is 23.2 Å². The number of carboxylic acids is 1. The van der Waals surface area contributed by atoms with Gasteiger partial charge in [0.25, 0.3) is 5.91 Å². The number of aliphatic carboxylic acids is 1. The summed E-state index contributed by atoms with van der Waals surface area (Å²) in [5.74, 6) is -2.22. The molecule has 36 heavy (non-hydrogen) atoms. The molecule has 1 aromatic heterocycles. The van der Waals surface area contributed by atoms with Crippen LogP contribution in [0.4, 0.5) is 0 Å². The van der Waals surface area contributed by atoms with Gasteiger partial charge in [0, 0.05) is 25.8 Å². The molecule has 2 heterocycles. The number of carbonyl (C=O) groups is 4. The Morgan fingerprint density at radius 2 is 1.92 bits per heavy atom. The molecule has 0 saturated carbocycles. The van der Waals surface area contributed by atoms with Crippen LogP contribution in [0, 0.1) is 0 Å². The molecular formula is C24H25Cl2N3O7. The molecular weight excluding hydrogens is 513 g/mol. The average Bonchev–Trinajstić information content (AvgIpc) is 3.54. The van der Waals surface area contributed by atoms with Crippen molar-refractivity contribution in [2.75, 3.05) is 13.2 Å². The van der Waals surface area contributed by atoms with E-state index < -0.39 is 24.0 Å². The van der Waals surface area contributed by atoms with Crippen LogP contribution in [0.2, 0.25) is 10.0 Å². The number of furan rings is 1. The highest BCUT2D eigenvalue weighted by molar-refractivity contribution is 6.39. The van der Waals surface area contributed by atoms with Crippen LogP contribution < -0.4 is 16.0 Å². The van der Waals surface area contributed by atoms with Gasteiger partial charge in [-0.2, -0.15) is 0 Å². The fraction of sp³-hybridized carbons (Fsp3) is 0.333. The third-order valence-corrected chi connectivity index (χ3v) is 5.89. The smallest absolute Gasteiger partial charge is 0.326 e. The maximum Gasteiger partial charge on any atom is 0.326 e. The summed E-state index contributed by atoms with van der Waals surface area (Å²) in [6.45, 7) is 0.636. The molecule has 2 aromatic rings. The van der Waals surface area contributed by atoms with Crippen LogP contribution in [-0.2, 0) is 25.7 Å². The molecule has 1 aromatic carbocycles. The number of nitrogens with one attached hydrogen (secondary N) is 3. The van der Waals surface area contributed by atoms with Crippen LogP contribution in [0.25, 0.3) is 6.08 Å². The summed E-state index contributed by atoms with van der Waals surface area (Å²) in [6.07, 6.45) is 5.13. The lowest BCUT2D eigenvalue weighted by molar-refractivity contribution is -0.139. The van der Waals surface area contributed by atoms with Gasteiger partial charge in [-0.05, 0) is 55.2 Å². The SMILES string of the molecule is O=C(/C=C/c1ccco1)NCc1cc(Cl)c(C(=O)N[C@@H](CCNC(=O)C2CCCO2)C(=O)O)c(Cl)c1. The van der Waals surface area contributed by atoms with Crippen molar-refractivity contribution >= 4 is 53.0 Å². The van der Waals surface area contributed by atoms with E-state index in [1.807, 2.05) is 0 Å². The van der Waals surface area contributed by atoms with Crippen molar-refractivity contribution in [1.82, 2.24) is 16.0 Å². The van der Waals surface area contributed by atoms with E-state index in [0.717, 1.165) is 6.42 Å². The van der Waals surface area contributed by atoms with Crippen molar-refractivity contribution in [1.29, 1.82) is 0 Å². The molecule has 1 saturated heterocycles. The number of carbonyl (C=O) groups excluding carboxylic acids is 3. The molecule has 1 aliphatic heterocycles. The molecule has 12 heteroatoms. The molecule has 192 valence electrons. The zero-order valence-corrected chi connectivity index (χ0v) is 20.6. The van der Waals surface area contributed by atoms with Gasteiger partial charge in [0.1, 0.15) is 17.9 Å². The van der Waals surface area contributed by atoms with Crippen molar-refractivity contribution in [3.8, 4) is 0 Å². The number of ether oxygens (including phenoxy) is 1. The molecule has 4 N–H and O–H groups in total. The summed E-state index contributed by atoms with van der Waals surface area (Å²) < 4.78 is 10.4. The first-order valence-electron chi connectivity index (χ1n) is 11.1. The monoisotopic (exact) mass is 537 g/mol. The second-order valence-corrected chi connectivity index (χ2v) is 8.76. The highest BCUT2D eigenvalue weighted by atomic mass is 35.5. The molecule has 0 spiro atoms. The second-order valence-electron chi connectivity index (χ2n) is 7.95. The average molecular weight is 538 g/mol. The van der Waals surface area contributed by atoms with Crippen LogP contribution in [0.5, 0.6) is 0 Å². The molecule has 10 nitrogen and oxygen atoms in total. The van der Waals surface area contributed by atoms with Crippen molar-refractivity contribution in [2.45, 2.75) is 38.0 Å². The molecule has 0 radical (unpaired) electrons. The van der Waals surface area contributed by atoms with Crippen LogP contribution >= 0.6 is 23.2 Å². The van der Waals surface area contributed by atoms with Gasteiger partial charge in [-0.3, -0.25) is 14.4 Å². The molecule has 0 bridgehead atoms. The Kier molecular flexibility index (Phi) is 9.92. The summed E-state index contributed by atoms with van der Waals surface area (Å²) >= 11 is 12.5. The molecule has 3 rings (SSSR count). The highest BCUT2D eigenvalue weighted by Crippen LogP contribution is 2.27. The number of halogens is 2. The van der Waals surface area contributed by atoms with E-state index in [1.165, 1.54) is 30.5 Å². The number of amides is 3. The first-order valence-corrected chi connectivity index (χ1v) is 11.9. The van der Waals surface area contributed by atoms with Crippen molar-refractivity contribution in [2.24, 2.45) is 0 Å². The maximum atomic E-state index is 12.7. The quantitative estimate of drug-likeness (QED) is 0.322. The Balaban J connectivity index is 1.54. The molecule has 0 aliphatic carbocycles. The molecule has 1 aliphatic rings. The second kappa shape index (κ2) is 13.1. The summed E-state index contributed by atoms with van der Waals surface area (Å²) in [5, 5.41) is 17.1. The first-order chi connectivity index (χ1) is 17.2. The molecule has 3 amide bonds. The Morgan fingerprint density at radius 1 is 1.17 bits per heavy atom. The third-order valence-electron chi connectivity index (χ3n) is 5.30. The van der Waals surface area contributed by atoms with Gasteiger partial charge in [0.05, 0.1) is 21.9 Å². The normalized spacial score (nSPS) is 16.0. The summed E-state index contributed by atoms with van der Waals surface area (Å²) in [6, 6.07) is 5.02. The lowest BCUT2D eigenvalue weighted by Crippen LogP contribution is -2.44. The number of benzene rings is 1. The van der Waals surface area contributed by atoms with E-state index in [9.17, 15) is 24.3 Å². The van der Waals surface area contributed by atoms with Gasteiger partial charge >= 0.3 is 5.97 Å². The lowest BCUT2D eigenvalue weighted by atomic mass is 10.1. The predicted molar refractivity (Wildman–Crippen MR) is 132 cm³/mol. The number of rotatable bonds is 11. The Morgan fingerprint density at radius 3 is 2.53 bits per heavy atom. The van der Waals surface area contributed by atoms with E-state index in [2.05, 4.69) is 16.0 Å². The molecule has 2 atom stereocenters. The van der Waals surface area contributed by atoms with Crippen molar-refractivity contribution < 1.29 is 33.4 Å². The number of carboxylic acid groups (broad SMARTS) is 1. The summed E-state index contributed by atoms with van der Waals surface area (Å²) in [4.78, 5) is 48.4. The van der Waals surface area contributed by atoms with Gasteiger partial charge in [0.2, 0.25) is 11.8 Å².